The van der Waals surface area contributed by atoms with Gasteiger partial charge in [0.2, 0.25) is 17.7 Å². The van der Waals surface area contributed by atoms with Gasteiger partial charge in [-0.1, -0.05) is 18.5 Å². The molecule has 2 N–H and O–H groups in total. The minimum Gasteiger partial charge on any atom is -0.385 e. The second kappa shape index (κ2) is 13.0. The van der Waals surface area contributed by atoms with E-state index >= 15 is 0 Å². The molecule has 4 rings (SSSR count). The van der Waals surface area contributed by atoms with Crippen molar-refractivity contribution in [2.75, 3.05) is 57.8 Å². The highest BCUT2D eigenvalue weighted by Crippen LogP contribution is 2.45. The Kier molecular flexibility index (Phi) is 10.1. The van der Waals surface area contributed by atoms with E-state index in [4.69, 9.17) is 16.3 Å². The number of alkyl halides is 2. The number of hydrogen-bond acceptors (Lipinski definition) is 5. The second-order valence-corrected chi connectivity index (χ2v) is 13.1. The quantitative estimate of drug-likeness (QED) is 0.441. The molecule has 2 heterocycles. The maximum absolute atomic E-state index is 13.5. The van der Waals surface area contributed by atoms with Crippen LogP contribution < -0.4 is 10.6 Å². The monoisotopic (exact) mass is 578 g/mol. The standard InChI is InChI=1S/C28H43B2ClF2N4O3/c1-26(6-8-27(32,33)9-7-26)17-24(38)35-19-25(39)36-10-12-37(13-11-36)28(29,30)22-16-21(31)2-3-23(22)34-18-20-4-14-40-15-5-20/h2-3,16,20,34H,4-15,17-19,29-30H2,1H3,(H,35,38). The molecule has 40 heavy (non-hydrogen) atoms. The van der Waals surface area contributed by atoms with Crippen LogP contribution in [0.2, 0.25) is 5.02 Å². The Hall–Kier alpha value is -1.84. The summed E-state index contributed by atoms with van der Waals surface area (Å²) in [4.78, 5) is 29.6. The van der Waals surface area contributed by atoms with Crippen LogP contribution in [-0.4, -0.2) is 95.7 Å². The summed E-state index contributed by atoms with van der Waals surface area (Å²) in [6.45, 7) is 6.88. The van der Waals surface area contributed by atoms with Gasteiger partial charge in [-0.15, -0.1) is 0 Å². The van der Waals surface area contributed by atoms with Gasteiger partial charge in [-0.2, -0.15) is 0 Å². The van der Waals surface area contributed by atoms with Crippen molar-refractivity contribution in [2.45, 2.75) is 63.1 Å². The molecule has 1 aliphatic carbocycles. The van der Waals surface area contributed by atoms with Gasteiger partial charge in [0.25, 0.3) is 0 Å². The van der Waals surface area contributed by atoms with Crippen LogP contribution in [0.5, 0.6) is 0 Å². The van der Waals surface area contributed by atoms with Crippen molar-refractivity contribution in [3.05, 3.63) is 28.8 Å². The first-order valence-electron chi connectivity index (χ1n) is 14.7. The van der Waals surface area contributed by atoms with Crippen molar-refractivity contribution in [3.8, 4) is 0 Å². The van der Waals surface area contributed by atoms with E-state index in [0.29, 0.717) is 50.0 Å². The van der Waals surface area contributed by atoms with E-state index in [1.807, 2.05) is 19.1 Å². The lowest BCUT2D eigenvalue weighted by Gasteiger charge is -2.45. The van der Waals surface area contributed by atoms with E-state index < -0.39 is 11.3 Å². The molecule has 0 bridgehead atoms. The lowest BCUT2D eigenvalue weighted by atomic mass is 9.56. The molecule has 0 radical (unpaired) electrons. The third-order valence-electron chi connectivity index (χ3n) is 9.20. The van der Waals surface area contributed by atoms with Crippen LogP contribution in [0.15, 0.2) is 18.2 Å². The predicted octanol–water partition coefficient (Wildman–Crippen LogP) is 2.42. The van der Waals surface area contributed by atoms with Crippen LogP contribution in [0.1, 0.15) is 57.4 Å². The summed E-state index contributed by atoms with van der Waals surface area (Å²) in [5.41, 5.74) is 1.77. The number of anilines is 1. The van der Waals surface area contributed by atoms with Crippen molar-refractivity contribution in [3.63, 3.8) is 0 Å². The van der Waals surface area contributed by atoms with Crippen molar-refractivity contribution in [1.29, 1.82) is 0 Å². The summed E-state index contributed by atoms with van der Waals surface area (Å²) in [5.74, 6) is -2.40. The Morgan fingerprint density at radius 1 is 1.10 bits per heavy atom. The molecule has 2 aliphatic heterocycles. The molecule has 1 aromatic carbocycles. The van der Waals surface area contributed by atoms with E-state index in [1.54, 1.807) is 4.90 Å². The molecule has 1 aromatic rings. The summed E-state index contributed by atoms with van der Waals surface area (Å²) < 4.78 is 32.5. The first kappa shape index (κ1) is 31.1. The van der Waals surface area contributed by atoms with Gasteiger partial charge < -0.3 is 25.2 Å². The largest absolute Gasteiger partial charge is 0.385 e. The molecule has 1 saturated carbocycles. The van der Waals surface area contributed by atoms with Crippen LogP contribution in [0.4, 0.5) is 14.5 Å². The van der Waals surface area contributed by atoms with Crippen molar-refractivity contribution >= 4 is 44.8 Å². The lowest BCUT2D eigenvalue weighted by molar-refractivity contribution is -0.135. The van der Waals surface area contributed by atoms with Crippen LogP contribution in [0.3, 0.4) is 0 Å². The van der Waals surface area contributed by atoms with E-state index in [-0.39, 0.29) is 43.0 Å². The average molecular weight is 579 g/mol. The molecule has 0 atom stereocenters. The highest BCUT2D eigenvalue weighted by atomic mass is 35.5. The zero-order valence-electron chi connectivity index (χ0n) is 24.2. The van der Waals surface area contributed by atoms with Gasteiger partial charge in [0.1, 0.15) is 15.7 Å². The molecular formula is C28H43B2ClF2N4O3. The second-order valence-electron chi connectivity index (χ2n) is 12.7. The smallest absolute Gasteiger partial charge is 0.248 e. The Labute approximate surface area is 243 Å². The summed E-state index contributed by atoms with van der Waals surface area (Å²) in [5, 5.41) is 6.78. The number of carbonyl (C=O) groups is 2. The number of rotatable bonds is 9. The summed E-state index contributed by atoms with van der Waals surface area (Å²) in [6.07, 6.45) is 2.57. The fraction of sp³-hybridized carbons (Fsp3) is 0.714. The van der Waals surface area contributed by atoms with Gasteiger partial charge in [-0.05, 0) is 66.1 Å². The maximum atomic E-state index is 13.5. The molecule has 2 amide bonds. The number of amides is 2. The maximum Gasteiger partial charge on any atom is 0.248 e. The number of halogens is 3. The van der Waals surface area contributed by atoms with Crippen molar-refractivity contribution in [2.24, 2.45) is 11.3 Å². The van der Waals surface area contributed by atoms with E-state index in [2.05, 4.69) is 37.3 Å². The number of benzene rings is 1. The van der Waals surface area contributed by atoms with E-state index in [9.17, 15) is 18.4 Å². The number of carbonyl (C=O) groups excluding carboxylic acids is 2. The molecule has 2 saturated heterocycles. The van der Waals surface area contributed by atoms with Crippen LogP contribution in [-0.2, 0) is 19.7 Å². The first-order valence-corrected chi connectivity index (χ1v) is 15.0. The average Bonchev–Trinajstić information content (AvgIpc) is 2.93. The Morgan fingerprint density at radius 3 is 2.40 bits per heavy atom. The molecule has 0 aromatic heterocycles. The van der Waals surface area contributed by atoms with Gasteiger partial charge in [0, 0.05) is 75.9 Å². The number of nitrogens with one attached hydrogen (secondary N) is 2. The zero-order chi connectivity index (χ0) is 29.0. The SMILES string of the molecule is BC(B)(c1cc(Cl)ccc1NCC1CCOCC1)N1CCN(C(=O)CNC(=O)CC2(C)CCC(F)(F)CC2)CC1. The Balaban J connectivity index is 1.27. The van der Waals surface area contributed by atoms with Crippen LogP contribution >= 0.6 is 11.6 Å². The normalized spacial score (nSPS) is 22.1. The fourth-order valence-electron chi connectivity index (χ4n) is 6.20. The molecule has 3 aliphatic rings. The Bertz CT molecular complexity index is 1040. The molecule has 3 fully saturated rings. The van der Waals surface area contributed by atoms with Crippen LogP contribution in [0, 0.1) is 11.3 Å². The number of piperazine rings is 1. The number of nitrogens with zero attached hydrogens (tertiary/aromatic N) is 2. The zero-order valence-corrected chi connectivity index (χ0v) is 24.9. The first-order chi connectivity index (χ1) is 18.9. The topological polar surface area (TPSA) is 73.9 Å². The molecule has 0 unspecified atom stereocenters. The van der Waals surface area contributed by atoms with Crippen molar-refractivity contribution in [1.82, 2.24) is 15.1 Å². The minimum absolute atomic E-state index is 0.0664. The van der Waals surface area contributed by atoms with Gasteiger partial charge in [-0.3, -0.25) is 9.59 Å². The molecule has 12 heteroatoms. The summed E-state index contributed by atoms with van der Waals surface area (Å²) in [7, 11) is 4.38. The van der Waals surface area contributed by atoms with E-state index in [1.165, 1.54) is 0 Å². The third kappa shape index (κ3) is 8.13. The molecule has 0 spiro atoms. The highest BCUT2D eigenvalue weighted by Gasteiger charge is 2.41. The van der Waals surface area contributed by atoms with Gasteiger partial charge in [0.05, 0.1) is 6.54 Å². The third-order valence-corrected chi connectivity index (χ3v) is 9.43. The Morgan fingerprint density at radius 2 is 1.75 bits per heavy atom. The lowest BCUT2D eigenvalue weighted by Crippen LogP contribution is -2.58. The minimum atomic E-state index is -2.63. The molecule has 220 valence electrons. The molecular weight excluding hydrogens is 535 g/mol. The van der Waals surface area contributed by atoms with Gasteiger partial charge in [-0.25, -0.2) is 8.78 Å². The number of hydrogen-bond donors (Lipinski definition) is 2. The van der Waals surface area contributed by atoms with Crippen LogP contribution in [0.25, 0.3) is 0 Å². The summed E-state index contributed by atoms with van der Waals surface area (Å²) >= 11 is 6.43. The van der Waals surface area contributed by atoms with Crippen molar-refractivity contribution < 1.29 is 23.1 Å². The van der Waals surface area contributed by atoms with Gasteiger partial charge >= 0.3 is 0 Å². The van der Waals surface area contributed by atoms with Gasteiger partial charge in [0.15, 0.2) is 0 Å². The fourth-order valence-corrected chi connectivity index (χ4v) is 6.37. The number of ether oxygens (including phenoxy) is 1. The predicted molar refractivity (Wildman–Crippen MR) is 160 cm³/mol. The van der Waals surface area contributed by atoms with E-state index in [0.717, 1.165) is 43.9 Å². The highest BCUT2D eigenvalue weighted by molar-refractivity contribution is 6.40. The molecule has 7 nitrogen and oxygen atoms in total. The summed E-state index contributed by atoms with van der Waals surface area (Å²) in [6, 6.07) is 6.01.